The van der Waals surface area contributed by atoms with Gasteiger partial charge in [-0.1, -0.05) is 6.07 Å². The van der Waals surface area contributed by atoms with E-state index in [0.717, 1.165) is 23.4 Å². The standard InChI is InChI=1S/C42H40N10O10/c43-36(54)35-30(47-38(56)31-22-62-40(48-31)25-12-13-44-29(20-25)23-4-5-23)21-51(50-35)26-8-6-24(7-9-26)37(55)46-15-17-61-19-18-60-16-14-45-28-3-1-2-27-34(28)42(59)52(41(27)58)32-10-11-33(53)49-39(32)57/h1-3,6-9,12-13,20-23,32,45H,4-5,10-11,14-19H2,(H2,43,54)(H,46,55)(H,47,56)(H,49,53,57). The van der Waals surface area contributed by atoms with Crippen LogP contribution in [0.15, 0.2) is 77.7 Å². The Morgan fingerprint density at radius 3 is 2.40 bits per heavy atom. The fourth-order valence-corrected chi connectivity index (χ4v) is 7.01. The lowest BCUT2D eigenvalue weighted by molar-refractivity contribution is -0.136. The highest BCUT2D eigenvalue weighted by molar-refractivity contribution is 6.25. The third kappa shape index (κ3) is 8.95. The second kappa shape index (κ2) is 18.0. The van der Waals surface area contributed by atoms with Gasteiger partial charge in [-0.15, -0.1) is 0 Å². The molecule has 3 aliphatic rings. The topological polar surface area (TPSA) is 272 Å². The molecule has 6 N–H and O–H groups in total. The maximum absolute atomic E-state index is 13.2. The number of ether oxygens (including phenoxy) is 2. The van der Waals surface area contributed by atoms with Gasteiger partial charge in [0.15, 0.2) is 11.4 Å². The molecule has 7 amide bonds. The molecule has 5 aromatic rings. The van der Waals surface area contributed by atoms with Gasteiger partial charge >= 0.3 is 0 Å². The highest BCUT2D eigenvalue weighted by Gasteiger charge is 2.45. The molecule has 3 aromatic heterocycles. The van der Waals surface area contributed by atoms with Gasteiger partial charge in [0.2, 0.25) is 17.7 Å². The molecule has 1 unspecified atom stereocenters. The Morgan fingerprint density at radius 1 is 0.887 bits per heavy atom. The summed E-state index contributed by atoms with van der Waals surface area (Å²) in [6, 6.07) is 13.8. The van der Waals surface area contributed by atoms with Crippen LogP contribution in [0.4, 0.5) is 11.4 Å². The lowest BCUT2D eigenvalue weighted by atomic mass is 10.0. The van der Waals surface area contributed by atoms with Crippen molar-refractivity contribution in [2.75, 3.05) is 50.2 Å². The monoisotopic (exact) mass is 844 g/mol. The van der Waals surface area contributed by atoms with Crippen LogP contribution in [0.2, 0.25) is 0 Å². The number of primary amides is 1. The number of hydrogen-bond acceptors (Lipinski definition) is 14. The van der Waals surface area contributed by atoms with Gasteiger partial charge < -0.3 is 35.6 Å². The lowest BCUT2D eigenvalue weighted by Gasteiger charge is -2.27. The van der Waals surface area contributed by atoms with Gasteiger partial charge in [0.05, 0.1) is 55.1 Å². The van der Waals surface area contributed by atoms with E-state index in [1.807, 2.05) is 6.07 Å². The fourth-order valence-electron chi connectivity index (χ4n) is 7.01. The number of aromatic nitrogens is 4. The van der Waals surface area contributed by atoms with Crippen LogP contribution in [-0.2, 0) is 19.1 Å². The van der Waals surface area contributed by atoms with Crippen LogP contribution in [0.5, 0.6) is 0 Å². The first-order chi connectivity index (χ1) is 30.0. The summed E-state index contributed by atoms with van der Waals surface area (Å²) in [6.45, 7) is 1.54. The van der Waals surface area contributed by atoms with E-state index < -0.39 is 41.5 Å². The average Bonchev–Trinajstić information content (AvgIpc) is 3.74. The number of amides is 7. The molecule has 5 heterocycles. The molecular formula is C42H40N10O10. The predicted octanol–water partition coefficient (Wildman–Crippen LogP) is 2.43. The number of benzene rings is 2. The Bertz CT molecular complexity index is 2580. The van der Waals surface area contributed by atoms with Crippen molar-refractivity contribution in [2.45, 2.75) is 37.6 Å². The van der Waals surface area contributed by atoms with Crippen LogP contribution in [0.1, 0.15) is 89.3 Å². The number of carbonyl (C=O) groups excluding carboxylic acids is 7. The molecule has 20 heteroatoms. The minimum Gasteiger partial charge on any atom is -0.444 e. The first-order valence-electron chi connectivity index (χ1n) is 19.8. The van der Waals surface area contributed by atoms with Crippen LogP contribution in [-0.4, -0.2) is 112 Å². The van der Waals surface area contributed by atoms with Gasteiger partial charge in [-0.25, -0.2) is 9.67 Å². The van der Waals surface area contributed by atoms with Gasteiger partial charge in [-0.05, 0) is 67.8 Å². The summed E-state index contributed by atoms with van der Waals surface area (Å²) in [7, 11) is 0. The number of imide groups is 2. The molecule has 1 saturated carbocycles. The number of nitrogens with two attached hydrogens (primary N) is 1. The molecule has 8 rings (SSSR count). The minimum absolute atomic E-state index is 0.0109. The number of nitrogens with one attached hydrogen (secondary N) is 4. The van der Waals surface area contributed by atoms with E-state index in [0.29, 0.717) is 35.0 Å². The van der Waals surface area contributed by atoms with Crippen LogP contribution in [0.25, 0.3) is 17.1 Å². The number of rotatable bonds is 18. The predicted molar refractivity (Wildman–Crippen MR) is 217 cm³/mol. The second-order valence-corrected chi connectivity index (χ2v) is 14.6. The average molecular weight is 845 g/mol. The smallest absolute Gasteiger partial charge is 0.277 e. The van der Waals surface area contributed by atoms with Crippen molar-refractivity contribution in [2.24, 2.45) is 5.73 Å². The summed E-state index contributed by atoms with van der Waals surface area (Å²) >= 11 is 0. The largest absolute Gasteiger partial charge is 0.444 e. The van der Waals surface area contributed by atoms with Crippen molar-refractivity contribution in [1.29, 1.82) is 0 Å². The van der Waals surface area contributed by atoms with E-state index >= 15 is 0 Å². The highest BCUT2D eigenvalue weighted by atomic mass is 16.5. The maximum atomic E-state index is 13.2. The van der Waals surface area contributed by atoms with Gasteiger partial charge in [-0.2, -0.15) is 5.10 Å². The number of pyridine rings is 1. The third-order valence-corrected chi connectivity index (χ3v) is 10.3. The molecule has 0 spiro atoms. The van der Waals surface area contributed by atoms with Crippen molar-refractivity contribution in [3.63, 3.8) is 0 Å². The fraction of sp³-hybridized carbons (Fsp3) is 0.286. The Morgan fingerprint density at radius 2 is 1.66 bits per heavy atom. The van der Waals surface area contributed by atoms with Crippen LogP contribution in [0.3, 0.4) is 0 Å². The molecule has 0 bridgehead atoms. The number of hydrogen-bond donors (Lipinski definition) is 5. The first-order valence-corrected chi connectivity index (χ1v) is 19.8. The maximum Gasteiger partial charge on any atom is 0.277 e. The summed E-state index contributed by atoms with van der Waals surface area (Å²) in [4.78, 5) is 97.9. The van der Waals surface area contributed by atoms with Gasteiger partial charge in [-0.3, -0.25) is 48.8 Å². The summed E-state index contributed by atoms with van der Waals surface area (Å²) in [5, 5.41) is 14.9. The molecule has 2 fully saturated rings. The SMILES string of the molecule is NC(=O)c1nn(-c2ccc(C(=O)NCCOCCOCCNc3cccc4c3C(=O)N(C3CCC(=O)NC3=O)C4=O)cc2)cc1NC(=O)c1coc(-c2ccnc(C3CC3)c2)n1. The number of piperidine rings is 1. The number of fused-ring (bicyclic) bond motifs is 1. The van der Waals surface area contributed by atoms with Crippen molar-refractivity contribution in [1.82, 2.24) is 35.3 Å². The Labute approximate surface area is 352 Å². The summed E-state index contributed by atoms with van der Waals surface area (Å²) in [5.41, 5.74) is 8.71. The van der Waals surface area contributed by atoms with Gasteiger partial charge in [0.1, 0.15) is 12.3 Å². The molecular weight excluding hydrogens is 805 g/mol. The zero-order valence-electron chi connectivity index (χ0n) is 33.0. The van der Waals surface area contributed by atoms with Gasteiger partial charge in [0.25, 0.3) is 29.5 Å². The normalized spacial score (nSPS) is 15.9. The van der Waals surface area contributed by atoms with Crippen LogP contribution >= 0.6 is 0 Å². The molecule has 62 heavy (non-hydrogen) atoms. The zero-order valence-corrected chi connectivity index (χ0v) is 33.0. The van der Waals surface area contributed by atoms with E-state index in [-0.39, 0.29) is 85.8 Å². The van der Waals surface area contributed by atoms with Crippen molar-refractivity contribution < 1.29 is 47.5 Å². The number of nitrogens with zero attached hydrogens (tertiary/aromatic N) is 5. The number of carbonyl (C=O) groups is 7. The van der Waals surface area contributed by atoms with Gasteiger partial charge in [0, 0.05) is 54.1 Å². The lowest BCUT2D eigenvalue weighted by Crippen LogP contribution is -2.54. The van der Waals surface area contributed by atoms with E-state index in [9.17, 15) is 33.6 Å². The van der Waals surface area contributed by atoms with Crippen molar-refractivity contribution in [3.8, 4) is 17.1 Å². The number of oxazole rings is 1. The van der Waals surface area contributed by atoms with Crippen molar-refractivity contribution in [3.05, 3.63) is 107 Å². The highest BCUT2D eigenvalue weighted by Crippen LogP contribution is 2.40. The molecule has 318 valence electrons. The van der Waals surface area contributed by atoms with E-state index in [2.05, 4.69) is 36.3 Å². The first kappa shape index (κ1) is 41.2. The Kier molecular flexibility index (Phi) is 11.9. The summed E-state index contributed by atoms with van der Waals surface area (Å²) < 4.78 is 18.1. The zero-order chi connectivity index (χ0) is 43.3. The van der Waals surface area contributed by atoms with E-state index in [1.54, 1.807) is 48.7 Å². The van der Waals surface area contributed by atoms with Crippen LogP contribution in [0, 0.1) is 0 Å². The Hall–Kier alpha value is -7.58. The molecule has 1 atom stereocenters. The molecule has 2 aromatic carbocycles. The molecule has 2 aliphatic heterocycles. The quantitative estimate of drug-likeness (QED) is 0.0627. The number of anilines is 2. The third-order valence-electron chi connectivity index (χ3n) is 10.3. The Balaban J connectivity index is 0.745. The summed E-state index contributed by atoms with van der Waals surface area (Å²) in [5.74, 6) is -3.45. The van der Waals surface area contributed by atoms with E-state index in [4.69, 9.17) is 19.6 Å². The second-order valence-electron chi connectivity index (χ2n) is 14.6. The minimum atomic E-state index is -1.05. The van der Waals surface area contributed by atoms with E-state index in [1.165, 1.54) is 23.2 Å². The molecule has 20 nitrogen and oxygen atoms in total. The molecule has 1 aliphatic carbocycles. The summed E-state index contributed by atoms with van der Waals surface area (Å²) in [6.07, 6.45) is 6.61. The van der Waals surface area contributed by atoms with Crippen molar-refractivity contribution >= 4 is 52.7 Å². The molecule has 0 radical (unpaired) electrons. The molecule has 1 saturated heterocycles. The van der Waals surface area contributed by atoms with Crippen LogP contribution < -0.4 is 27.0 Å².